The normalized spacial score (nSPS) is 12.8. The Kier molecular flexibility index (Phi) is 4.75. The van der Waals surface area contributed by atoms with Gasteiger partial charge in [0.1, 0.15) is 11.3 Å². The summed E-state index contributed by atoms with van der Waals surface area (Å²) >= 11 is 0. The van der Waals surface area contributed by atoms with Crippen molar-refractivity contribution in [1.82, 2.24) is 15.5 Å². The van der Waals surface area contributed by atoms with Gasteiger partial charge in [0.2, 0.25) is 0 Å². The minimum atomic E-state index is -1.00. The maximum atomic E-state index is 11.1. The average Bonchev–Trinajstić information content (AvgIpc) is 2.83. The number of allylic oxidation sites excluding steroid dienone is 2. The smallest absolute Gasteiger partial charge is 0.339 e. The Hall–Kier alpha value is -2.86. The summed E-state index contributed by atoms with van der Waals surface area (Å²) in [5.41, 5.74) is 3.08. The first kappa shape index (κ1) is 15.5. The van der Waals surface area contributed by atoms with Crippen LogP contribution in [0.2, 0.25) is 0 Å². The van der Waals surface area contributed by atoms with E-state index in [-0.39, 0.29) is 18.0 Å². The van der Waals surface area contributed by atoms with Crippen molar-refractivity contribution in [3.05, 3.63) is 59.9 Å². The Bertz CT molecular complexity index is 760. The monoisotopic (exact) mass is 316 g/mol. The van der Waals surface area contributed by atoms with Gasteiger partial charge in [0.15, 0.2) is 0 Å². The van der Waals surface area contributed by atoms with Crippen LogP contribution in [0, 0.1) is 0 Å². The van der Waals surface area contributed by atoms with Crippen LogP contribution in [0.5, 0.6) is 0 Å². The van der Waals surface area contributed by atoms with Crippen LogP contribution >= 0.6 is 12.4 Å². The second-order valence-corrected chi connectivity index (χ2v) is 4.37. The molecule has 2 aromatic rings. The number of carboxylic acids is 1. The zero-order valence-electron chi connectivity index (χ0n) is 11.4. The zero-order chi connectivity index (χ0) is 14.7. The summed E-state index contributed by atoms with van der Waals surface area (Å²) in [6, 6.07) is 7.43. The molecule has 1 aliphatic rings. The molecule has 1 aliphatic heterocycles. The summed E-state index contributed by atoms with van der Waals surface area (Å²) in [6.45, 7) is 0. The van der Waals surface area contributed by atoms with E-state index < -0.39 is 5.97 Å². The third-order valence-corrected chi connectivity index (χ3v) is 3.05. The van der Waals surface area contributed by atoms with Gasteiger partial charge in [-0.05, 0) is 12.2 Å². The predicted octanol–water partition coefficient (Wildman–Crippen LogP) is 2.68. The SMILES string of the molecule is Cl.O=C(O)c1c[nH]nc1-c1ccc(C2=CC=CNC=N2)cc1. The van der Waals surface area contributed by atoms with Gasteiger partial charge >= 0.3 is 5.97 Å². The number of nitrogens with one attached hydrogen (secondary N) is 2. The number of halogens is 1. The molecule has 0 fully saturated rings. The van der Waals surface area contributed by atoms with Crippen LogP contribution in [0.15, 0.2) is 53.8 Å². The Labute approximate surface area is 132 Å². The largest absolute Gasteiger partial charge is 0.478 e. The number of nitrogens with zero attached hydrogens (tertiary/aromatic N) is 2. The fourth-order valence-electron chi connectivity index (χ4n) is 2.03. The Morgan fingerprint density at radius 2 is 1.86 bits per heavy atom. The lowest BCUT2D eigenvalue weighted by atomic mass is 10.0. The summed E-state index contributed by atoms with van der Waals surface area (Å²) < 4.78 is 0. The molecule has 1 aromatic carbocycles. The van der Waals surface area contributed by atoms with E-state index in [4.69, 9.17) is 5.11 Å². The van der Waals surface area contributed by atoms with Crippen LogP contribution in [-0.2, 0) is 0 Å². The maximum Gasteiger partial charge on any atom is 0.339 e. The Balaban J connectivity index is 0.00000176. The summed E-state index contributed by atoms with van der Waals surface area (Å²) in [4.78, 5) is 15.4. The van der Waals surface area contributed by atoms with Crippen molar-refractivity contribution in [2.45, 2.75) is 0 Å². The van der Waals surface area contributed by atoms with Gasteiger partial charge in [0, 0.05) is 23.5 Å². The Morgan fingerprint density at radius 3 is 2.59 bits per heavy atom. The van der Waals surface area contributed by atoms with E-state index in [0.717, 1.165) is 16.8 Å². The highest BCUT2D eigenvalue weighted by Crippen LogP contribution is 2.24. The van der Waals surface area contributed by atoms with Crippen molar-refractivity contribution in [1.29, 1.82) is 0 Å². The minimum absolute atomic E-state index is 0. The maximum absolute atomic E-state index is 11.1. The van der Waals surface area contributed by atoms with E-state index in [9.17, 15) is 4.79 Å². The number of aromatic amines is 1. The van der Waals surface area contributed by atoms with Crippen LogP contribution < -0.4 is 5.32 Å². The van der Waals surface area contributed by atoms with Gasteiger partial charge in [-0.25, -0.2) is 9.79 Å². The van der Waals surface area contributed by atoms with Gasteiger partial charge in [-0.15, -0.1) is 12.4 Å². The van der Waals surface area contributed by atoms with Gasteiger partial charge in [-0.2, -0.15) is 5.10 Å². The number of carboxylic acid groups (broad SMARTS) is 1. The fraction of sp³-hybridized carbons (Fsp3) is 0. The molecule has 7 heteroatoms. The molecule has 0 spiro atoms. The van der Waals surface area contributed by atoms with Gasteiger partial charge < -0.3 is 10.4 Å². The van der Waals surface area contributed by atoms with Crippen molar-refractivity contribution < 1.29 is 9.90 Å². The summed E-state index contributed by atoms with van der Waals surface area (Å²) in [7, 11) is 0. The number of H-pyrrole nitrogens is 1. The van der Waals surface area contributed by atoms with Crippen molar-refractivity contribution >= 4 is 30.4 Å². The van der Waals surface area contributed by atoms with Crippen molar-refractivity contribution in [3.63, 3.8) is 0 Å². The highest BCUT2D eigenvalue weighted by Gasteiger charge is 2.14. The van der Waals surface area contributed by atoms with E-state index in [1.807, 2.05) is 36.4 Å². The lowest BCUT2D eigenvalue weighted by Crippen LogP contribution is -1.98. The van der Waals surface area contributed by atoms with Crippen molar-refractivity contribution in [2.75, 3.05) is 0 Å². The molecule has 0 saturated heterocycles. The molecule has 0 bridgehead atoms. The molecule has 6 nitrogen and oxygen atoms in total. The molecule has 3 N–H and O–H groups in total. The van der Waals surface area contributed by atoms with Crippen LogP contribution in [0.25, 0.3) is 17.0 Å². The first-order valence-electron chi connectivity index (χ1n) is 6.29. The highest BCUT2D eigenvalue weighted by atomic mass is 35.5. The number of hydrogen-bond donors (Lipinski definition) is 3. The molecule has 2 heterocycles. The molecular weight excluding hydrogens is 304 g/mol. The van der Waals surface area contributed by atoms with Crippen molar-refractivity contribution in [3.8, 4) is 11.3 Å². The number of benzene rings is 1. The number of aromatic carboxylic acids is 1. The first-order valence-corrected chi connectivity index (χ1v) is 6.29. The second kappa shape index (κ2) is 6.73. The zero-order valence-corrected chi connectivity index (χ0v) is 12.2. The van der Waals surface area contributed by atoms with Crippen LogP contribution in [-0.4, -0.2) is 27.6 Å². The van der Waals surface area contributed by atoms with Crippen LogP contribution in [0.1, 0.15) is 15.9 Å². The summed E-state index contributed by atoms with van der Waals surface area (Å²) in [6.07, 6.45) is 8.53. The molecule has 0 unspecified atom stereocenters. The lowest BCUT2D eigenvalue weighted by Gasteiger charge is -2.03. The number of carbonyl (C=O) groups is 1. The van der Waals surface area contributed by atoms with Crippen molar-refractivity contribution in [2.24, 2.45) is 4.99 Å². The number of hydrogen-bond acceptors (Lipinski definition) is 4. The number of rotatable bonds is 3. The van der Waals surface area contributed by atoms with Crippen LogP contribution in [0.4, 0.5) is 0 Å². The van der Waals surface area contributed by atoms with Gasteiger partial charge in [0.05, 0.1) is 12.0 Å². The Morgan fingerprint density at radius 1 is 1.14 bits per heavy atom. The predicted molar refractivity (Wildman–Crippen MR) is 87.0 cm³/mol. The van der Waals surface area contributed by atoms with Gasteiger partial charge in [0.25, 0.3) is 0 Å². The molecular formula is C15H13ClN4O2. The first-order chi connectivity index (χ1) is 10.3. The van der Waals surface area contributed by atoms with E-state index in [1.54, 1.807) is 12.5 Å². The fourth-order valence-corrected chi connectivity index (χ4v) is 2.03. The molecule has 112 valence electrons. The van der Waals surface area contributed by atoms with E-state index in [1.165, 1.54) is 6.20 Å². The molecule has 1 aromatic heterocycles. The molecule has 0 aliphatic carbocycles. The lowest BCUT2D eigenvalue weighted by molar-refractivity contribution is 0.0698. The number of aromatic nitrogens is 2. The molecule has 0 radical (unpaired) electrons. The van der Waals surface area contributed by atoms with Gasteiger partial charge in [-0.1, -0.05) is 24.3 Å². The van der Waals surface area contributed by atoms with Gasteiger partial charge in [-0.3, -0.25) is 5.10 Å². The molecule has 0 amide bonds. The highest BCUT2D eigenvalue weighted by molar-refractivity contribution is 5.94. The quantitative estimate of drug-likeness (QED) is 0.812. The summed E-state index contributed by atoms with van der Waals surface area (Å²) in [5.74, 6) is -1.00. The third-order valence-electron chi connectivity index (χ3n) is 3.05. The second-order valence-electron chi connectivity index (χ2n) is 4.37. The number of aliphatic imine (C=N–C) groups is 1. The third kappa shape index (κ3) is 3.07. The van der Waals surface area contributed by atoms with E-state index >= 15 is 0 Å². The topological polar surface area (TPSA) is 90.4 Å². The van der Waals surface area contributed by atoms with E-state index in [0.29, 0.717) is 5.69 Å². The molecule has 22 heavy (non-hydrogen) atoms. The standard InChI is InChI=1S/C15H12N4O2.ClH/c20-15(21)12-8-18-19-14(12)11-5-3-10(4-6-11)13-2-1-7-16-9-17-13;/h1-9H,(H,16,17)(H,18,19)(H,20,21);1H. The molecule has 3 rings (SSSR count). The van der Waals surface area contributed by atoms with E-state index in [2.05, 4.69) is 20.5 Å². The molecule has 0 saturated carbocycles. The average molecular weight is 317 g/mol. The van der Waals surface area contributed by atoms with Crippen LogP contribution in [0.3, 0.4) is 0 Å². The molecule has 0 atom stereocenters. The summed E-state index contributed by atoms with van der Waals surface area (Å²) in [5, 5.41) is 18.6. The minimum Gasteiger partial charge on any atom is -0.478 e.